The summed E-state index contributed by atoms with van der Waals surface area (Å²) in [6.45, 7) is 5.26. The summed E-state index contributed by atoms with van der Waals surface area (Å²) in [5.41, 5.74) is 0.890. The maximum atomic E-state index is 12.6. The van der Waals surface area contributed by atoms with Gasteiger partial charge in [-0.15, -0.1) is 11.3 Å². The molecule has 0 bridgehead atoms. The molecule has 2 unspecified atom stereocenters. The second-order valence-corrected chi connectivity index (χ2v) is 8.89. The van der Waals surface area contributed by atoms with E-state index < -0.39 is 0 Å². The second-order valence-electron chi connectivity index (χ2n) is 7.86. The van der Waals surface area contributed by atoms with E-state index in [1.807, 2.05) is 24.3 Å². The number of piperidine rings is 1. The van der Waals surface area contributed by atoms with Crippen molar-refractivity contribution in [2.45, 2.75) is 38.8 Å². The molecule has 30 heavy (non-hydrogen) atoms. The maximum Gasteiger partial charge on any atom is 0.222 e. The molecule has 1 aliphatic rings. The fourth-order valence-corrected chi connectivity index (χ4v) is 4.68. The number of benzene rings is 1. The van der Waals surface area contributed by atoms with Crippen molar-refractivity contribution in [2.75, 3.05) is 26.7 Å². The number of thiophene rings is 1. The number of rotatable bonds is 9. The van der Waals surface area contributed by atoms with Crippen molar-refractivity contribution in [3.05, 3.63) is 52.2 Å². The van der Waals surface area contributed by atoms with Crippen LogP contribution in [-0.2, 0) is 16.1 Å². The monoisotopic (exact) mass is 429 g/mol. The molecule has 2 amide bonds. The van der Waals surface area contributed by atoms with Crippen LogP contribution in [0.4, 0.5) is 0 Å². The summed E-state index contributed by atoms with van der Waals surface area (Å²) in [6, 6.07) is 11.4. The molecule has 162 valence electrons. The highest BCUT2D eigenvalue weighted by Crippen LogP contribution is 2.22. The van der Waals surface area contributed by atoms with Gasteiger partial charge < -0.3 is 15.4 Å². The minimum atomic E-state index is -0.352. The van der Waals surface area contributed by atoms with Gasteiger partial charge in [-0.25, -0.2) is 0 Å². The summed E-state index contributed by atoms with van der Waals surface area (Å²) in [4.78, 5) is 28.1. The standard InChI is InChI=1S/C23H31N3O3S/c1-17(27)25-22(19-7-9-20(29-2)10-8-19)13-23(28)24-14-18-5-3-11-26(15-18)16-21-6-4-12-30-21/h4,6-10,12,18,22H,3,5,11,13-16H2,1-2H3,(H,24,28)(H,25,27). The molecule has 2 N–H and O–H groups in total. The predicted octanol–water partition coefficient (Wildman–Crippen LogP) is 3.35. The highest BCUT2D eigenvalue weighted by Gasteiger charge is 2.22. The highest BCUT2D eigenvalue weighted by atomic mass is 32.1. The van der Waals surface area contributed by atoms with E-state index in [9.17, 15) is 9.59 Å². The molecular formula is C23H31N3O3S. The molecule has 6 nitrogen and oxygen atoms in total. The maximum absolute atomic E-state index is 12.6. The Balaban J connectivity index is 1.50. The molecule has 0 aliphatic carbocycles. The van der Waals surface area contributed by atoms with Gasteiger partial charge in [0.1, 0.15) is 5.75 Å². The molecule has 2 aromatic rings. The molecule has 2 heterocycles. The van der Waals surface area contributed by atoms with Gasteiger partial charge in [-0.05, 0) is 54.4 Å². The van der Waals surface area contributed by atoms with Crippen LogP contribution in [0.1, 0.15) is 42.7 Å². The van der Waals surface area contributed by atoms with E-state index in [4.69, 9.17) is 4.74 Å². The number of carbonyl (C=O) groups is 2. The summed E-state index contributed by atoms with van der Waals surface area (Å²) in [7, 11) is 1.61. The molecule has 2 atom stereocenters. The van der Waals surface area contributed by atoms with Gasteiger partial charge in [-0.1, -0.05) is 18.2 Å². The van der Waals surface area contributed by atoms with Crippen LogP contribution in [0.3, 0.4) is 0 Å². The molecule has 7 heteroatoms. The third-order valence-corrected chi connectivity index (χ3v) is 6.30. The molecule has 1 fully saturated rings. The van der Waals surface area contributed by atoms with Gasteiger partial charge in [0, 0.05) is 31.4 Å². The third kappa shape index (κ3) is 6.85. The zero-order valence-corrected chi connectivity index (χ0v) is 18.5. The molecule has 0 spiro atoms. The zero-order chi connectivity index (χ0) is 21.3. The normalized spacial score (nSPS) is 17.9. The molecule has 1 saturated heterocycles. The lowest BCUT2D eigenvalue weighted by Crippen LogP contribution is -2.41. The van der Waals surface area contributed by atoms with Crippen molar-refractivity contribution >= 4 is 23.2 Å². The van der Waals surface area contributed by atoms with Crippen molar-refractivity contribution in [3.8, 4) is 5.75 Å². The number of hydrogen-bond acceptors (Lipinski definition) is 5. The Kier molecular flexibility index (Phi) is 8.28. The minimum Gasteiger partial charge on any atom is -0.497 e. The van der Waals surface area contributed by atoms with Crippen LogP contribution in [0, 0.1) is 5.92 Å². The zero-order valence-electron chi connectivity index (χ0n) is 17.7. The number of nitrogens with zero attached hydrogens (tertiary/aromatic N) is 1. The Bertz CT molecular complexity index is 808. The van der Waals surface area contributed by atoms with Gasteiger partial charge in [0.05, 0.1) is 19.6 Å². The van der Waals surface area contributed by atoms with Crippen LogP contribution in [0.15, 0.2) is 41.8 Å². The van der Waals surface area contributed by atoms with Gasteiger partial charge in [0.2, 0.25) is 11.8 Å². The number of likely N-dealkylation sites (tertiary alicyclic amines) is 1. The van der Waals surface area contributed by atoms with Crippen LogP contribution in [0.2, 0.25) is 0 Å². The topological polar surface area (TPSA) is 70.7 Å². The molecule has 0 saturated carbocycles. The average Bonchev–Trinajstić information content (AvgIpc) is 3.25. The number of amides is 2. The van der Waals surface area contributed by atoms with Crippen LogP contribution in [0.5, 0.6) is 5.75 Å². The van der Waals surface area contributed by atoms with Crippen LogP contribution >= 0.6 is 11.3 Å². The van der Waals surface area contributed by atoms with Crippen LogP contribution in [-0.4, -0.2) is 43.5 Å². The number of ether oxygens (including phenoxy) is 1. The summed E-state index contributed by atoms with van der Waals surface area (Å²) >= 11 is 1.79. The van der Waals surface area contributed by atoms with Crippen molar-refractivity contribution in [2.24, 2.45) is 5.92 Å². The van der Waals surface area contributed by atoms with Crippen molar-refractivity contribution in [3.63, 3.8) is 0 Å². The fourth-order valence-electron chi connectivity index (χ4n) is 3.93. The Morgan fingerprint density at radius 3 is 2.73 bits per heavy atom. The molecule has 0 radical (unpaired) electrons. The molecule has 1 aliphatic heterocycles. The largest absolute Gasteiger partial charge is 0.497 e. The Labute approximate surface area is 182 Å². The first-order chi connectivity index (χ1) is 14.5. The van der Waals surface area contributed by atoms with E-state index in [0.717, 1.165) is 43.8 Å². The lowest BCUT2D eigenvalue weighted by molar-refractivity contribution is -0.123. The summed E-state index contributed by atoms with van der Waals surface area (Å²) in [6.07, 6.45) is 2.51. The van der Waals surface area contributed by atoms with E-state index in [-0.39, 0.29) is 24.3 Å². The Morgan fingerprint density at radius 1 is 1.27 bits per heavy atom. The number of carbonyl (C=O) groups excluding carboxylic acids is 2. The third-order valence-electron chi connectivity index (χ3n) is 5.44. The molecule has 3 rings (SSSR count). The van der Waals surface area contributed by atoms with Crippen LogP contribution in [0.25, 0.3) is 0 Å². The van der Waals surface area contributed by atoms with E-state index in [1.165, 1.54) is 11.8 Å². The van der Waals surface area contributed by atoms with Crippen molar-refractivity contribution in [1.29, 1.82) is 0 Å². The minimum absolute atomic E-state index is 0.0417. The quantitative estimate of drug-likeness (QED) is 0.641. The van der Waals surface area contributed by atoms with Crippen LogP contribution < -0.4 is 15.4 Å². The van der Waals surface area contributed by atoms with E-state index in [1.54, 1.807) is 18.4 Å². The van der Waals surface area contributed by atoms with Gasteiger partial charge >= 0.3 is 0 Å². The molecule has 1 aromatic heterocycles. The van der Waals surface area contributed by atoms with Gasteiger partial charge in [-0.2, -0.15) is 0 Å². The molecule has 1 aromatic carbocycles. The highest BCUT2D eigenvalue weighted by molar-refractivity contribution is 7.09. The average molecular weight is 430 g/mol. The van der Waals surface area contributed by atoms with Crippen molar-refractivity contribution < 1.29 is 14.3 Å². The number of methoxy groups -OCH3 is 1. The Morgan fingerprint density at radius 2 is 2.07 bits per heavy atom. The fraction of sp³-hybridized carbons (Fsp3) is 0.478. The lowest BCUT2D eigenvalue weighted by atomic mass is 9.97. The van der Waals surface area contributed by atoms with Gasteiger partial charge in [0.15, 0.2) is 0 Å². The first-order valence-corrected chi connectivity index (χ1v) is 11.3. The van der Waals surface area contributed by atoms with E-state index >= 15 is 0 Å². The Hall–Kier alpha value is -2.38. The summed E-state index contributed by atoms with van der Waals surface area (Å²) < 4.78 is 5.19. The van der Waals surface area contributed by atoms with Gasteiger partial charge in [0.25, 0.3) is 0 Å². The predicted molar refractivity (Wildman–Crippen MR) is 119 cm³/mol. The number of hydrogen-bond donors (Lipinski definition) is 2. The smallest absolute Gasteiger partial charge is 0.222 e. The summed E-state index contributed by atoms with van der Waals surface area (Å²) in [5.74, 6) is 1.01. The second kappa shape index (κ2) is 11.1. The molecular weight excluding hydrogens is 398 g/mol. The lowest BCUT2D eigenvalue weighted by Gasteiger charge is -2.32. The first kappa shape index (κ1) is 22.3. The summed E-state index contributed by atoms with van der Waals surface area (Å²) in [5, 5.41) is 8.09. The van der Waals surface area contributed by atoms with E-state index in [2.05, 4.69) is 33.0 Å². The van der Waals surface area contributed by atoms with Crippen molar-refractivity contribution in [1.82, 2.24) is 15.5 Å². The van der Waals surface area contributed by atoms with E-state index in [0.29, 0.717) is 12.5 Å². The number of nitrogens with one attached hydrogen (secondary N) is 2. The first-order valence-electron chi connectivity index (χ1n) is 10.5. The SMILES string of the molecule is COc1ccc(C(CC(=O)NCC2CCCN(Cc3cccs3)C2)NC(C)=O)cc1. The van der Waals surface area contributed by atoms with Gasteiger partial charge in [-0.3, -0.25) is 14.5 Å².